The molecule has 0 radical (unpaired) electrons. The summed E-state index contributed by atoms with van der Waals surface area (Å²) in [5, 5.41) is 66.4. The molecule has 0 spiro atoms. The summed E-state index contributed by atoms with van der Waals surface area (Å²) >= 11 is 0. The van der Waals surface area contributed by atoms with Gasteiger partial charge in [0.25, 0.3) is 0 Å². The van der Waals surface area contributed by atoms with Crippen molar-refractivity contribution in [3.05, 3.63) is 0 Å². The van der Waals surface area contributed by atoms with Crippen molar-refractivity contribution in [2.24, 2.45) is 0 Å². The molecule has 0 bridgehead atoms. The van der Waals surface area contributed by atoms with E-state index in [-0.39, 0.29) is 43.4 Å². The molecule has 0 fully saturated rings. The zero-order chi connectivity index (χ0) is 14.3. The van der Waals surface area contributed by atoms with Crippen LogP contribution in [0.3, 0.4) is 0 Å². The van der Waals surface area contributed by atoms with Crippen molar-refractivity contribution in [1.29, 1.82) is 0 Å². The molecule has 18 heavy (non-hydrogen) atoms. The fourth-order valence-electron chi connectivity index (χ4n) is 0. The van der Waals surface area contributed by atoms with Crippen LogP contribution in [-0.4, -0.2) is 29.6 Å². The van der Waals surface area contributed by atoms with E-state index < -0.39 is 29.6 Å². The average Bonchev–Trinajstić information content (AvgIpc) is 1.76. The van der Waals surface area contributed by atoms with E-state index in [9.17, 15) is 17.3 Å². The molecule has 0 atom stereocenters. The fourth-order valence-corrected chi connectivity index (χ4v) is 0. The van der Waals surface area contributed by atoms with E-state index in [0.29, 0.717) is 0 Å². The number of rotatable bonds is 0. The second-order valence-corrected chi connectivity index (χ2v) is 1.10. The van der Waals surface area contributed by atoms with Gasteiger partial charge in [-0.2, -0.15) is 0 Å². The van der Waals surface area contributed by atoms with Crippen LogP contribution in [0.1, 0.15) is 0 Å². The molecule has 0 aliphatic heterocycles. The minimum absolute atomic E-state index is 0. The van der Waals surface area contributed by atoms with E-state index >= 15 is 0 Å². The van der Waals surface area contributed by atoms with Gasteiger partial charge in [-0.3, -0.25) is 0 Å². The molecule has 0 aliphatic rings. The van der Waals surface area contributed by atoms with Gasteiger partial charge in [-0.1, -0.05) is 0 Å². The van der Waals surface area contributed by atoms with Crippen LogP contribution >= 0.6 is 0 Å². The summed E-state index contributed by atoms with van der Waals surface area (Å²) in [4.78, 5) is 0. The molecule has 0 N–H and O–H groups in total. The van der Waals surface area contributed by atoms with Crippen molar-refractivity contribution < 1.29 is 101 Å². The average molecular weight is 343 g/mol. The van der Waals surface area contributed by atoms with Gasteiger partial charge in [0.1, 0.15) is 29.6 Å². The molecular weight excluding hydrogens is 343 g/mol. The molecule has 0 unspecified atom stereocenters. The maximum absolute atomic E-state index is 9.89. The zero-order valence-corrected chi connectivity index (χ0v) is 11.2. The molecule has 0 aromatic carbocycles. The van der Waals surface area contributed by atoms with Gasteiger partial charge >= 0.3 is 43.4 Å². The summed E-state index contributed by atoms with van der Waals surface area (Å²) in [7, 11) is -12.7. The molecule has 96 valence electrons. The first kappa shape index (κ1) is 36.5. The first-order valence-corrected chi connectivity index (χ1v) is 2.76. The Kier molecular flexibility index (Phi) is 62.5. The maximum atomic E-state index is 9.89. The third-order valence-corrected chi connectivity index (χ3v) is 0. The Morgan fingerprint density at radius 1 is 0.389 bits per heavy atom. The Bertz CT molecular complexity index is 76.1. The van der Waals surface area contributed by atoms with Gasteiger partial charge in [0.15, 0.2) is 0 Å². The Balaban J connectivity index is -0.0000000257. The van der Waals surface area contributed by atoms with Gasteiger partial charge in [0.05, 0.1) is 0 Å². The molecule has 0 aliphatic carbocycles. The van der Waals surface area contributed by atoms with Gasteiger partial charge < -0.3 is 57.5 Å². The van der Waals surface area contributed by atoms with Crippen molar-refractivity contribution in [2.45, 2.75) is 0 Å². The van der Waals surface area contributed by atoms with Crippen molar-refractivity contribution in [3.8, 4) is 0 Å². The van der Waals surface area contributed by atoms with Crippen LogP contribution in [0.2, 0.25) is 0 Å². The van der Waals surface area contributed by atoms with Crippen molar-refractivity contribution in [2.75, 3.05) is 0 Å². The van der Waals surface area contributed by atoms with Crippen molar-refractivity contribution >= 4 is 29.6 Å². The topological polar surface area (TPSA) is 184 Å². The SMILES string of the molecule is [O-]B([O-])F.[O-]B([O-])F.[O-]B([O-])F.[O-]B([O-])F.[Ti+4].[Ti+4]. The van der Waals surface area contributed by atoms with Crippen molar-refractivity contribution in [3.63, 3.8) is 0 Å². The van der Waals surface area contributed by atoms with E-state index in [1.54, 1.807) is 0 Å². The molecule has 0 aromatic rings. The minimum atomic E-state index is -3.17. The van der Waals surface area contributed by atoms with Crippen LogP contribution in [0, 0.1) is 0 Å². The van der Waals surface area contributed by atoms with Gasteiger partial charge in [-0.15, -0.1) is 0 Å². The van der Waals surface area contributed by atoms with Gasteiger partial charge in [-0.05, 0) is 0 Å². The molecule has 0 rings (SSSR count). The van der Waals surface area contributed by atoms with Crippen LogP contribution in [0.15, 0.2) is 0 Å². The van der Waals surface area contributed by atoms with Crippen LogP contribution in [-0.2, 0) is 43.4 Å². The normalized spacial score (nSPS) is 6.00. The van der Waals surface area contributed by atoms with Gasteiger partial charge in [0, 0.05) is 0 Å². The molecular formula is B4F4O8Ti2. The van der Waals surface area contributed by atoms with E-state index in [1.807, 2.05) is 0 Å². The van der Waals surface area contributed by atoms with E-state index in [2.05, 4.69) is 0 Å². The molecule has 0 saturated carbocycles. The van der Waals surface area contributed by atoms with Gasteiger partial charge in [0.2, 0.25) is 0 Å². The summed E-state index contributed by atoms with van der Waals surface area (Å²) in [5.41, 5.74) is 0. The summed E-state index contributed by atoms with van der Waals surface area (Å²) < 4.78 is 39.6. The monoisotopic (exact) mass is 344 g/mol. The second kappa shape index (κ2) is 30.8. The molecule has 0 amide bonds. The Morgan fingerprint density at radius 2 is 0.389 bits per heavy atom. The maximum Gasteiger partial charge on any atom is 4.00 e. The molecule has 0 aromatic heterocycles. The van der Waals surface area contributed by atoms with Crippen LogP contribution in [0.4, 0.5) is 17.3 Å². The summed E-state index contributed by atoms with van der Waals surface area (Å²) in [6.07, 6.45) is 0. The Labute approximate surface area is 130 Å². The first-order chi connectivity index (χ1) is 6.93. The molecule has 0 heterocycles. The fraction of sp³-hybridized carbons (Fsp3) is 0. The third-order valence-electron chi connectivity index (χ3n) is 0. The number of hydrogen-bond acceptors (Lipinski definition) is 8. The van der Waals surface area contributed by atoms with E-state index in [0.717, 1.165) is 0 Å². The summed E-state index contributed by atoms with van der Waals surface area (Å²) in [6.45, 7) is 0. The standard InChI is InChI=1S/4BFO2.2Ti/c4*2-1(3)4;;/q4*-2;2*+4. The molecule has 0 saturated heterocycles. The van der Waals surface area contributed by atoms with Crippen LogP contribution in [0.5, 0.6) is 0 Å². The number of hydrogen-bond donors (Lipinski definition) is 0. The Morgan fingerprint density at radius 3 is 0.389 bits per heavy atom. The molecule has 8 nitrogen and oxygen atoms in total. The predicted molar refractivity (Wildman–Crippen MR) is 27.4 cm³/mol. The van der Waals surface area contributed by atoms with Crippen LogP contribution in [0.25, 0.3) is 0 Å². The number of halogens is 4. The zero-order valence-electron chi connectivity index (χ0n) is 8.09. The second-order valence-electron chi connectivity index (χ2n) is 1.10. The molecule has 18 heteroatoms. The Hall–Kier alpha value is 1.09. The van der Waals surface area contributed by atoms with E-state index in [1.165, 1.54) is 0 Å². The predicted octanol–water partition coefficient (Wildman–Crippen LogP) is -9.36. The summed E-state index contributed by atoms with van der Waals surface area (Å²) in [5.74, 6) is 0. The van der Waals surface area contributed by atoms with E-state index in [4.69, 9.17) is 40.2 Å². The van der Waals surface area contributed by atoms with Crippen molar-refractivity contribution in [1.82, 2.24) is 0 Å². The summed E-state index contributed by atoms with van der Waals surface area (Å²) in [6, 6.07) is 0. The quantitative estimate of drug-likeness (QED) is 0.306. The minimum Gasteiger partial charge on any atom is -0.867 e. The first-order valence-electron chi connectivity index (χ1n) is 2.76. The smallest absolute Gasteiger partial charge is 0.867 e. The third kappa shape index (κ3) is 3730. The largest absolute Gasteiger partial charge is 4.00 e. The van der Waals surface area contributed by atoms with Gasteiger partial charge in [-0.25, -0.2) is 0 Å². The van der Waals surface area contributed by atoms with Crippen LogP contribution < -0.4 is 40.2 Å².